The van der Waals surface area contributed by atoms with Crippen LogP contribution in [0, 0.1) is 5.92 Å². The van der Waals surface area contributed by atoms with Gasteiger partial charge in [0.15, 0.2) is 0 Å². The lowest BCUT2D eigenvalue weighted by molar-refractivity contribution is -0.292. The van der Waals surface area contributed by atoms with Crippen molar-refractivity contribution >= 4 is 11.9 Å². The fourth-order valence-electron chi connectivity index (χ4n) is 4.03. The molecule has 0 amide bonds. The largest absolute Gasteiger partial charge is 0.459 e. The number of allylic oxidation sites excluding steroid dienone is 2. The quantitative estimate of drug-likeness (QED) is 0.162. The van der Waals surface area contributed by atoms with Crippen LogP contribution in [0.5, 0.6) is 0 Å². The molecule has 0 saturated carbocycles. The molecule has 36 heavy (non-hydrogen) atoms. The molecule has 1 heterocycles. The van der Waals surface area contributed by atoms with E-state index < -0.39 is 60.5 Å². The van der Waals surface area contributed by atoms with Crippen LogP contribution in [0.25, 0.3) is 0 Å². The van der Waals surface area contributed by atoms with Crippen LogP contribution in [-0.2, 0) is 23.8 Å². The van der Waals surface area contributed by atoms with Crippen molar-refractivity contribution in [3.63, 3.8) is 0 Å². The first-order valence-electron chi connectivity index (χ1n) is 12.2. The lowest BCUT2D eigenvalue weighted by atomic mass is 9.79. The fraction of sp³-hybridized carbons (Fsp3) is 0.692. The number of carbonyl (C=O) groups is 2. The van der Waals surface area contributed by atoms with Gasteiger partial charge in [-0.3, -0.25) is 0 Å². The summed E-state index contributed by atoms with van der Waals surface area (Å²) in [5.41, 5.74) is -1.30. The van der Waals surface area contributed by atoms with E-state index in [2.05, 4.69) is 6.58 Å². The lowest BCUT2D eigenvalue weighted by Crippen LogP contribution is -2.59. The van der Waals surface area contributed by atoms with E-state index in [0.717, 1.165) is 0 Å². The molecule has 0 radical (unpaired) electrons. The molecule has 1 aliphatic carbocycles. The number of carbonyl (C=O) groups excluding carboxylic acids is 2. The molecular formula is C26H40O10. The van der Waals surface area contributed by atoms with E-state index in [1.165, 1.54) is 13.0 Å². The number of hydrogen-bond donors (Lipinski definition) is 5. The van der Waals surface area contributed by atoms with Crippen LogP contribution in [0.4, 0.5) is 0 Å². The number of rotatable bonds is 10. The highest BCUT2D eigenvalue weighted by Gasteiger charge is 2.46. The maximum Gasteiger partial charge on any atom is 0.335 e. The topological polar surface area (TPSA) is 163 Å². The lowest BCUT2D eigenvalue weighted by Gasteiger charge is -2.39. The molecule has 1 fully saturated rings. The fourth-order valence-corrected chi connectivity index (χ4v) is 4.03. The van der Waals surface area contributed by atoms with Crippen molar-refractivity contribution in [2.24, 2.45) is 5.92 Å². The summed E-state index contributed by atoms with van der Waals surface area (Å²) in [6.45, 7) is 9.64. The molecule has 0 bridgehead atoms. The average Bonchev–Trinajstić information content (AvgIpc) is 2.82. The first-order chi connectivity index (χ1) is 16.7. The number of esters is 2. The van der Waals surface area contributed by atoms with Gasteiger partial charge < -0.3 is 39.7 Å². The Morgan fingerprint density at radius 1 is 1.17 bits per heavy atom. The van der Waals surface area contributed by atoms with Gasteiger partial charge in [-0.1, -0.05) is 18.2 Å². The normalized spacial score (nSPS) is 31.1. The maximum atomic E-state index is 12.5. The zero-order valence-corrected chi connectivity index (χ0v) is 21.4. The van der Waals surface area contributed by atoms with Gasteiger partial charge in [-0.2, -0.15) is 0 Å². The molecule has 10 nitrogen and oxygen atoms in total. The van der Waals surface area contributed by atoms with Gasteiger partial charge in [-0.05, 0) is 65.7 Å². The SMILES string of the molecule is C=CC(C)(O)CCC=C(C)C(=O)OC1OC(COC(=O)C2=CCC(C(C)(C)O)CC2)C(O)C(O)C1O. The van der Waals surface area contributed by atoms with E-state index in [1.54, 1.807) is 32.9 Å². The van der Waals surface area contributed by atoms with E-state index in [9.17, 15) is 35.1 Å². The van der Waals surface area contributed by atoms with E-state index in [4.69, 9.17) is 14.2 Å². The minimum absolute atomic E-state index is 0.0253. The molecule has 2 aliphatic rings. The number of aliphatic hydroxyl groups is 5. The second-order valence-electron chi connectivity index (χ2n) is 10.4. The van der Waals surface area contributed by atoms with Crippen molar-refractivity contribution in [2.75, 3.05) is 6.61 Å². The van der Waals surface area contributed by atoms with Gasteiger partial charge in [0.05, 0.1) is 11.2 Å². The molecule has 7 unspecified atom stereocenters. The van der Waals surface area contributed by atoms with Gasteiger partial charge in [-0.25, -0.2) is 9.59 Å². The highest BCUT2D eigenvalue weighted by molar-refractivity contribution is 5.88. The van der Waals surface area contributed by atoms with Crippen LogP contribution >= 0.6 is 0 Å². The first-order valence-corrected chi connectivity index (χ1v) is 12.2. The average molecular weight is 513 g/mol. The Morgan fingerprint density at radius 3 is 2.39 bits per heavy atom. The second-order valence-corrected chi connectivity index (χ2v) is 10.4. The molecule has 1 aliphatic heterocycles. The Kier molecular flexibility index (Phi) is 10.4. The van der Waals surface area contributed by atoms with Gasteiger partial charge in [0, 0.05) is 11.1 Å². The Labute approximate surface area is 211 Å². The maximum absolute atomic E-state index is 12.5. The van der Waals surface area contributed by atoms with Gasteiger partial charge in [0.2, 0.25) is 6.29 Å². The zero-order chi connectivity index (χ0) is 27.3. The molecule has 0 spiro atoms. The molecule has 2 rings (SSSR count). The Morgan fingerprint density at radius 2 is 1.83 bits per heavy atom. The van der Waals surface area contributed by atoms with Crippen molar-refractivity contribution in [3.8, 4) is 0 Å². The molecular weight excluding hydrogens is 472 g/mol. The second kappa shape index (κ2) is 12.4. The van der Waals surface area contributed by atoms with Gasteiger partial charge in [-0.15, -0.1) is 6.58 Å². The summed E-state index contributed by atoms with van der Waals surface area (Å²) in [6.07, 6.45) is -0.901. The van der Waals surface area contributed by atoms with Gasteiger partial charge >= 0.3 is 11.9 Å². The van der Waals surface area contributed by atoms with E-state index >= 15 is 0 Å². The molecule has 0 aromatic carbocycles. The summed E-state index contributed by atoms with van der Waals surface area (Å²) in [5, 5.41) is 50.8. The predicted octanol–water partition coefficient (Wildman–Crippen LogP) is 1.04. The summed E-state index contributed by atoms with van der Waals surface area (Å²) in [5.74, 6) is -1.40. The van der Waals surface area contributed by atoms with E-state index in [0.29, 0.717) is 37.7 Å². The van der Waals surface area contributed by atoms with Crippen LogP contribution in [-0.4, -0.2) is 86.0 Å². The van der Waals surface area contributed by atoms with Crippen LogP contribution in [0.2, 0.25) is 0 Å². The van der Waals surface area contributed by atoms with Crippen LogP contribution in [0.3, 0.4) is 0 Å². The summed E-state index contributed by atoms with van der Waals surface area (Å²) in [7, 11) is 0. The van der Waals surface area contributed by atoms with Gasteiger partial charge in [0.1, 0.15) is 31.0 Å². The molecule has 0 aromatic rings. The van der Waals surface area contributed by atoms with Gasteiger partial charge in [0.25, 0.3) is 0 Å². The van der Waals surface area contributed by atoms with Crippen molar-refractivity contribution < 1.29 is 49.3 Å². The van der Waals surface area contributed by atoms with Crippen LogP contribution < -0.4 is 0 Å². The predicted molar refractivity (Wildman–Crippen MR) is 129 cm³/mol. The monoisotopic (exact) mass is 512 g/mol. The number of ether oxygens (including phenoxy) is 3. The smallest absolute Gasteiger partial charge is 0.335 e. The summed E-state index contributed by atoms with van der Waals surface area (Å²) >= 11 is 0. The van der Waals surface area contributed by atoms with Crippen molar-refractivity contribution in [2.45, 2.75) is 102 Å². The molecule has 1 saturated heterocycles. The van der Waals surface area contributed by atoms with Crippen molar-refractivity contribution in [1.29, 1.82) is 0 Å². The van der Waals surface area contributed by atoms with E-state index in [1.807, 2.05) is 0 Å². The highest BCUT2D eigenvalue weighted by atomic mass is 16.7. The molecule has 5 N–H and O–H groups in total. The third kappa shape index (κ3) is 8.22. The molecule has 7 atom stereocenters. The highest BCUT2D eigenvalue weighted by Crippen LogP contribution is 2.32. The third-order valence-electron chi connectivity index (χ3n) is 6.81. The van der Waals surface area contributed by atoms with Crippen LogP contribution in [0.1, 0.15) is 59.8 Å². The van der Waals surface area contributed by atoms with Crippen LogP contribution in [0.15, 0.2) is 36.0 Å². The molecule has 10 heteroatoms. The molecule has 204 valence electrons. The Balaban J connectivity index is 1.94. The minimum atomic E-state index is -1.72. The van der Waals surface area contributed by atoms with Crippen molar-refractivity contribution in [3.05, 3.63) is 36.0 Å². The van der Waals surface area contributed by atoms with Crippen molar-refractivity contribution in [1.82, 2.24) is 0 Å². The zero-order valence-electron chi connectivity index (χ0n) is 21.4. The van der Waals surface area contributed by atoms with E-state index in [-0.39, 0.29) is 11.5 Å². The Bertz CT molecular complexity index is 853. The molecule has 0 aromatic heterocycles. The number of hydrogen-bond acceptors (Lipinski definition) is 10. The summed E-state index contributed by atoms with van der Waals surface area (Å²) in [6, 6.07) is 0. The Hall–Kier alpha value is -2.08. The number of aliphatic hydroxyl groups excluding tert-OH is 3. The summed E-state index contributed by atoms with van der Waals surface area (Å²) in [4.78, 5) is 24.9. The first kappa shape index (κ1) is 30.1. The third-order valence-corrected chi connectivity index (χ3v) is 6.81. The standard InChI is InChI=1S/C26H40O10/c1-6-26(5,33)13-7-8-15(2)22(30)36-24-21(29)20(28)19(27)18(35-24)14-34-23(31)16-9-11-17(12-10-16)25(3,4)32/h6,8-9,17-21,24,27-29,32-33H,1,7,10-14H2,2-5H3. The summed E-state index contributed by atoms with van der Waals surface area (Å²) < 4.78 is 15.9. The minimum Gasteiger partial charge on any atom is -0.459 e.